The average molecular weight is 727 g/mol. The first-order valence-electron chi connectivity index (χ1n) is 14.6. The number of allylic oxidation sites excluding steroid dienone is 2. The SMILES string of the molecule is CC=CCCc1ccc(-c2ccc(-c3cc(F)c(C(F)(F)Oc4cc(F)c(-c5cc(F)c(C(F)(F)F)c(F)c5)c(Cl)c4)c(F)c3)c(F)c2)cc1. The van der Waals surface area contributed by atoms with Crippen LogP contribution in [0.3, 0.4) is 0 Å². The van der Waals surface area contributed by atoms with E-state index >= 15 is 22.0 Å². The van der Waals surface area contributed by atoms with Crippen LogP contribution in [0.1, 0.15) is 30.0 Å². The third kappa shape index (κ3) is 7.65. The van der Waals surface area contributed by atoms with Crippen molar-refractivity contribution in [1.82, 2.24) is 0 Å². The van der Waals surface area contributed by atoms with Gasteiger partial charge in [-0.25, -0.2) is 26.3 Å². The van der Waals surface area contributed by atoms with Crippen LogP contribution < -0.4 is 4.74 Å². The van der Waals surface area contributed by atoms with E-state index in [4.69, 9.17) is 11.6 Å². The summed E-state index contributed by atoms with van der Waals surface area (Å²) < 4.78 is 162. The van der Waals surface area contributed by atoms with Gasteiger partial charge in [-0.1, -0.05) is 60.2 Å². The molecule has 0 aromatic heterocycles. The predicted molar refractivity (Wildman–Crippen MR) is 167 cm³/mol. The van der Waals surface area contributed by atoms with Crippen LogP contribution in [0.4, 0.5) is 48.3 Å². The quantitative estimate of drug-likeness (QED) is 0.109. The van der Waals surface area contributed by atoms with E-state index in [0.717, 1.165) is 24.5 Å². The van der Waals surface area contributed by atoms with Gasteiger partial charge in [0.05, 0.1) is 5.02 Å². The molecule has 0 N–H and O–H groups in total. The maximum Gasteiger partial charge on any atom is 0.432 e. The Morgan fingerprint density at radius 2 is 1.14 bits per heavy atom. The summed E-state index contributed by atoms with van der Waals surface area (Å²) in [4.78, 5) is 0. The molecule has 1 nitrogen and oxygen atoms in total. The molecule has 0 atom stereocenters. The Kier molecular flexibility index (Phi) is 10.3. The minimum absolute atomic E-state index is 0.138. The molecular weight excluding hydrogens is 705 g/mol. The second-order valence-electron chi connectivity index (χ2n) is 11.0. The zero-order valence-electron chi connectivity index (χ0n) is 25.5. The van der Waals surface area contributed by atoms with Crippen LogP contribution in [-0.2, 0) is 18.7 Å². The van der Waals surface area contributed by atoms with Crippen molar-refractivity contribution in [1.29, 1.82) is 0 Å². The molecule has 5 aromatic rings. The molecule has 13 heteroatoms. The highest BCUT2D eigenvalue weighted by molar-refractivity contribution is 6.33. The summed E-state index contributed by atoms with van der Waals surface area (Å²) >= 11 is 5.91. The van der Waals surface area contributed by atoms with Gasteiger partial charge in [0.15, 0.2) is 0 Å². The second-order valence-corrected chi connectivity index (χ2v) is 11.4. The van der Waals surface area contributed by atoms with Gasteiger partial charge in [-0.3, -0.25) is 0 Å². The normalized spacial score (nSPS) is 12.2. The smallest absolute Gasteiger partial charge is 0.429 e. The highest BCUT2D eigenvalue weighted by Gasteiger charge is 2.42. The molecule has 0 aliphatic rings. The van der Waals surface area contributed by atoms with Crippen LogP contribution in [0, 0.1) is 34.9 Å². The zero-order valence-corrected chi connectivity index (χ0v) is 26.3. The maximum atomic E-state index is 15.2. The Hall–Kier alpha value is -4.84. The van der Waals surface area contributed by atoms with E-state index in [1.165, 1.54) is 12.1 Å². The Labute approximate surface area is 283 Å². The van der Waals surface area contributed by atoms with Gasteiger partial charge in [0, 0.05) is 17.2 Å². The number of hydrogen-bond acceptors (Lipinski definition) is 1. The topological polar surface area (TPSA) is 9.23 Å². The molecule has 5 rings (SSSR count). The van der Waals surface area contributed by atoms with Gasteiger partial charge in [-0.2, -0.15) is 22.0 Å². The summed E-state index contributed by atoms with van der Waals surface area (Å²) in [5, 5.41) is -0.843. The van der Waals surface area contributed by atoms with E-state index in [0.29, 0.717) is 29.3 Å². The number of aryl methyl sites for hydroxylation is 1. The molecule has 0 amide bonds. The van der Waals surface area contributed by atoms with E-state index in [9.17, 15) is 26.3 Å². The number of alkyl halides is 5. The first-order valence-corrected chi connectivity index (χ1v) is 15.0. The van der Waals surface area contributed by atoms with Crippen molar-refractivity contribution in [2.45, 2.75) is 32.1 Å². The molecule has 0 saturated carbocycles. The van der Waals surface area contributed by atoms with Gasteiger partial charge in [0.25, 0.3) is 0 Å². The molecule has 0 saturated heterocycles. The van der Waals surface area contributed by atoms with Gasteiger partial charge >= 0.3 is 12.3 Å². The van der Waals surface area contributed by atoms with Gasteiger partial charge in [0.1, 0.15) is 51.8 Å². The summed E-state index contributed by atoms with van der Waals surface area (Å²) in [7, 11) is 0. The molecule has 0 radical (unpaired) electrons. The monoisotopic (exact) mass is 726 g/mol. The van der Waals surface area contributed by atoms with E-state index in [1.807, 2.05) is 31.2 Å². The van der Waals surface area contributed by atoms with Crippen LogP contribution in [-0.4, -0.2) is 0 Å². The Morgan fingerprint density at radius 3 is 1.68 bits per heavy atom. The fourth-order valence-electron chi connectivity index (χ4n) is 5.29. The van der Waals surface area contributed by atoms with Crippen molar-refractivity contribution in [2.75, 3.05) is 0 Å². The van der Waals surface area contributed by atoms with Crippen molar-refractivity contribution in [3.05, 3.63) is 148 Å². The van der Waals surface area contributed by atoms with Gasteiger partial charge in [-0.15, -0.1) is 0 Å². The minimum Gasteiger partial charge on any atom is -0.429 e. The first-order chi connectivity index (χ1) is 23.5. The van der Waals surface area contributed by atoms with Gasteiger partial charge < -0.3 is 4.74 Å². The van der Waals surface area contributed by atoms with Crippen molar-refractivity contribution in [2.24, 2.45) is 0 Å². The molecule has 0 heterocycles. The minimum atomic E-state index is -5.42. The lowest BCUT2D eigenvalue weighted by atomic mass is 9.97. The summed E-state index contributed by atoms with van der Waals surface area (Å²) in [5.74, 6) is -11.5. The number of ether oxygens (including phenoxy) is 1. The summed E-state index contributed by atoms with van der Waals surface area (Å²) in [6.45, 7) is 1.92. The highest BCUT2D eigenvalue weighted by Crippen LogP contribution is 2.42. The van der Waals surface area contributed by atoms with E-state index in [1.54, 1.807) is 12.1 Å². The molecule has 0 spiro atoms. The number of benzene rings is 5. The van der Waals surface area contributed by atoms with Crippen LogP contribution in [0.5, 0.6) is 5.75 Å². The van der Waals surface area contributed by atoms with Crippen LogP contribution in [0.15, 0.2) is 91.0 Å². The first kappa shape index (κ1) is 36.4. The largest absolute Gasteiger partial charge is 0.432 e. The summed E-state index contributed by atoms with van der Waals surface area (Å²) in [6, 6.07) is 13.1. The highest BCUT2D eigenvalue weighted by atomic mass is 35.5. The third-order valence-electron chi connectivity index (χ3n) is 7.61. The second kappa shape index (κ2) is 14.2. The van der Waals surface area contributed by atoms with Crippen molar-refractivity contribution in [3.63, 3.8) is 0 Å². The molecule has 5 aromatic carbocycles. The number of halogens is 12. The van der Waals surface area contributed by atoms with Crippen molar-refractivity contribution < 1.29 is 53.0 Å². The lowest BCUT2D eigenvalue weighted by Gasteiger charge is -2.21. The maximum absolute atomic E-state index is 15.2. The Balaban J connectivity index is 1.39. The molecule has 0 aliphatic carbocycles. The fourth-order valence-corrected chi connectivity index (χ4v) is 5.59. The third-order valence-corrected chi connectivity index (χ3v) is 7.91. The van der Waals surface area contributed by atoms with Gasteiger partial charge in [-0.05, 0) is 84.0 Å². The van der Waals surface area contributed by atoms with Crippen molar-refractivity contribution >= 4 is 11.6 Å². The zero-order chi connectivity index (χ0) is 36.5. The standard InChI is InChI=1S/C37H22ClF11O/c1-2-3-4-5-19-6-8-20(9-7-19)21-10-11-25(27(39)12-21)22-13-31(43)35(32(44)14-22)37(48,49)50-24-17-26(38)33(28(40)18-24)23-15-29(41)34(30(42)16-23)36(45,46)47/h2-3,6-18H,4-5H2,1H3. The molecule has 0 unspecified atom stereocenters. The Morgan fingerprint density at radius 1 is 0.600 bits per heavy atom. The van der Waals surface area contributed by atoms with Gasteiger partial charge in [0.2, 0.25) is 0 Å². The van der Waals surface area contributed by atoms with Crippen molar-refractivity contribution in [3.8, 4) is 39.1 Å². The van der Waals surface area contributed by atoms with Crippen LogP contribution in [0.2, 0.25) is 5.02 Å². The Bertz CT molecular complexity index is 2020. The molecule has 0 aliphatic heterocycles. The number of hydrogen-bond donors (Lipinski definition) is 0. The van der Waals surface area contributed by atoms with E-state index in [2.05, 4.69) is 4.74 Å². The molecule has 50 heavy (non-hydrogen) atoms. The molecular formula is C37H22ClF11O. The van der Waals surface area contributed by atoms with Crippen LogP contribution in [0.25, 0.3) is 33.4 Å². The van der Waals surface area contributed by atoms with E-state index in [-0.39, 0.29) is 23.8 Å². The van der Waals surface area contributed by atoms with E-state index < -0.39 is 85.8 Å². The molecule has 0 fully saturated rings. The lowest BCUT2D eigenvalue weighted by Crippen LogP contribution is -2.25. The average Bonchev–Trinajstić information content (AvgIpc) is 2.99. The molecule has 260 valence electrons. The number of rotatable bonds is 9. The lowest BCUT2D eigenvalue weighted by molar-refractivity contribution is -0.189. The summed E-state index contributed by atoms with van der Waals surface area (Å²) in [6.07, 6.45) is -4.61. The summed E-state index contributed by atoms with van der Waals surface area (Å²) in [5.41, 5.74) is -4.39. The predicted octanol–water partition coefficient (Wildman–Crippen LogP) is 12.8. The van der Waals surface area contributed by atoms with Crippen LogP contribution >= 0.6 is 11.6 Å². The molecule has 0 bridgehead atoms. The fraction of sp³-hybridized carbons (Fsp3) is 0.135.